The summed E-state index contributed by atoms with van der Waals surface area (Å²) >= 11 is 0. The van der Waals surface area contributed by atoms with Gasteiger partial charge in [-0.25, -0.2) is 13.2 Å². The molecule has 23 heavy (non-hydrogen) atoms. The molecule has 0 unspecified atom stereocenters. The maximum absolute atomic E-state index is 12.5. The number of aryl methyl sites for hydroxylation is 1. The summed E-state index contributed by atoms with van der Waals surface area (Å²) < 4.78 is 23.4. The minimum Gasteiger partial charge on any atom is -0.324 e. The number of fused-ring (bicyclic) bond motifs is 1. The standard InChI is InChI=1S/C16H23N3O3S/c1-11-4-14(6-15(5-11)23(3,21)22)17-16(20)19-9-12-7-18(2)8-13(12)10-19/h4-6,12-13H,7-10H2,1-3H3,(H,17,20)/t12-,13+. The van der Waals surface area contributed by atoms with Crippen molar-refractivity contribution in [3.8, 4) is 0 Å². The minimum atomic E-state index is -3.29. The Bertz CT molecular complexity index is 718. The van der Waals surface area contributed by atoms with Crippen molar-refractivity contribution in [3.63, 3.8) is 0 Å². The second-order valence-electron chi connectivity index (χ2n) is 6.88. The summed E-state index contributed by atoms with van der Waals surface area (Å²) in [7, 11) is -1.18. The van der Waals surface area contributed by atoms with Gasteiger partial charge in [-0.05, 0) is 49.6 Å². The van der Waals surface area contributed by atoms with Gasteiger partial charge in [0, 0.05) is 38.1 Å². The van der Waals surface area contributed by atoms with Gasteiger partial charge >= 0.3 is 6.03 Å². The van der Waals surface area contributed by atoms with Crippen molar-refractivity contribution in [2.45, 2.75) is 11.8 Å². The number of rotatable bonds is 2. The third-order valence-corrected chi connectivity index (χ3v) is 5.78. The molecule has 126 valence electrons. The molecule has 2 amide bonds. The summed E-state index contributed by atoms with van der Waals surface area (Å²) in [6, 6.07) is 4.77. The summed E-state index contributed by atoms with van der Waals surface area (Å²) in [5.74, 6) is 1.10. The number of hydrogen-bond acceptors (Lipinski definition) is 4. The highest BCUT2D eigenvalue weighted by molar-refractivity contribution is 7.90. The largest absolute Gasteiger partial charge is 0.324 e. The van der Waals surface area contributed by atoms with E-state index < -0.39 is 9.84 Å². The van der Waals surface area contributed by atoms with Crippen LogP contribution in [-0.2, 0) is 9.84 Å². The zero-order valence-electron chi connectivity index (χ0n) is 13.7. The van der Waals surface area contributed by atoms with Crippen molar-refractivity contribution in [2.75, 3.05) is 44.8 Å². The average molecular weight is 337 g/mol. The molecule has 2 aliphatic rings. The second kappa shape index (κ2) is 5.79. The van der Waals surface area contributed by atoms with E-state index in [1.807, 2.05) is 11.8 Å². The molecule has 2 aliphatic heterocycles. The van der Waals surface area contributed by atoms with Gasteiger partial charge in [-0.2, -0.15) is 0 Å². The molecule has 0 aromatic heterocycles. The van der Waals surface area contributed by atoms with Gasteiger partial charge in [0.25, 0.3) is 0 Å². The molecule has 1 aromatic rings. The highest BCUT2D eigenvalue weighted by atomic mass is 32.2. The molecule has 0 spiro atoms. The fourth-order valence-corrected chi connectivity index (χ4v) is 4.37. The Hall–Kier alpha value is -1.60. The number of nitrogens with zero attached hydrogens (tertiary/aromatic N) is 2. The lowest BCUT2D eigenvalue weighted by atomic mass is 10.0. The van der Waals surface area contributed by atoms with Crippen molar-refractivity contribution >= 4 is 21.6 Å². The molecule has 2 fully saturated rings. The van der Waals surface area contributed by atoms with Crippen LogP contribution in [-0.4, -0.2) is 63.7 Å². The summed E-state index contributed by atoms with van der Waals surface area (Å²) in [6.07, 6.45) is 1.17. The zero-order chi connectivity index (χ0) is 16.8. The Balaban J connectivity index is 1.71. The molecule has 7 heteroatoms. The lowest BCUT2D eigenvalue weighted by Gasteiger charge is -2.20. The van der Waals surface area contributed by atoms with Gasteiger partial charge < -0.3 is 15.1 Å². The smallest absolute Gasteiger partial charge is 0.321 e. The minimum absolute atomic E-state index is 0.146. The number of carbonyl (C=O) groups is 1. The second-order valence-corrected chi connectivity index (χ2v) is 8.90. The predicted molar refractivity (Wildman–Crippen MR) is 89.4 cm³/mol. The normalized spacial score (nSPS) is 24.7. The van der Waals surface area contributed by atoms with Crippen LogP contribution in [0.1, 0.15) is 5.56 Å². The molecule has 0 bridgehead atoms. The van der Waals surface area contributed by atoms with E-state index in [4.69, 9.17) is 0 Å². The SMILES string of the molecule is Cc1cc(NC(=O)N2C[C@H]3CN(C)C[C@H]3C2)cc(S(C)(=O)=O)c1. The fourth-order valence-electron chi connectivity index (χ4n) is 3.63. The number of amides is 2. The molecular weight excluding hydrogens is 314 g/mol. The first-order valence-electron chi connectivity index (χ1n) is 7.78. The lowest BCUT2D eigenvalue weighted by molar-refractivity contribution is 0.215. The quantitative estimate of drug-likeness (QED) is 0.886. The Morgan fingerprint density at radius 1 is 1.13 bits per heavy atom. The number of anilines is 1. The van der Waals surface area contributed by atoms with Crippen molar-refractivity contribution in [1.29, 1.82) is 0 Å². The molecule has 1 aromatic carbocycles. The van der Waals surface area contributed by atoms with E-state index in [0.29, 0.717) is 17.5 Å². The van der Waals surface area contributed by atoms with Crippen LogP contribution in [0.4, 0.5) is 10.5 Å². The third-order valence-electron chi connectivity index (χ3n) is 4.69. The molecule has 0 saturated carbocycles. The maximum Gasteiger partial charge on any atom is 0.321 e. The molecule has 2 heterocycles. The number of hydrogen-bond donors (Lipinski definition) is 1. The maximum atomic E-state index is 12.5. The van der Waals surface area contributed by atoms with Crippen LogP contribution in [0.3, 0.4) is 0 Å². The lowest BCUT2D eigenvalue weighted by Crippen LogP contribution is -2.35. The van der Waals surface area contributed by atoms with E-state index in [0.717, 1.165) is 31.7 Å². The molecule has 6 nitrogen and oxygen atoms in total. The van der Waals surface area contributed by atoms with Gasteiger partial charge in [0.05, 0.1) is 4.90 Å². The topological polar surface area (TPSA) is 69.7 Å². The third kappa shape index (κ3) is 3.50. The molecule has 2 saturated heterocycles. The molecule has 3 rings (SSSR count). The first kappa shape index (κ1) is 16.3. The Morgan fingerprint density at radius 2 is 1.74 bits per heavy atom. The fraction of sp³-hybridized carbons (Fsp3) is 0.562. The van der Waals surface area contributed by atoms with Gasteiger partial charge in [0.1, 0.15) is 0 Å². The molecule has 0 radical (unpaired) electrons. The van der Waals surface area contributed by atoms with Crippen molar-refractivity contribution in [3.05, 3.63) is 23.8 Å². The number of nitrogens with one attached hydrogen (secondary N) is 1. The number of benzene rings is 1. The van der Waals surface area contributed by atoms with E-state index >= 15 is 0 Å². The van der Waals surface area contributed by atoms with Gasteiger partial charge in [0.2, 0.25) is 0 Å². The summed E-state index contributed by atoms with van der Waals surface area (Å²) in [6.45, 7) is 5.44. The van der Waals surface area contributed by atoms with E-state index in [9.17, 15) is 13.2 Å². The van der Waals surface area contributed by atoms with E-state index in [-0.39, 0.29) is 10.9 Å². The molecular formula is C16H23N3O3S. The molecule has 1 N–H and O–H groups in total. The van der Waals surface area contributed by atoms with E-state index in [2.05, 4.69) is 17.3 Å². The van der Waals surface area contributed by atoms with Crippen LogP contribution in [0, 0.1) is 18.8 Å². The number of carbonyl (C=O) groups excluding carboxylic acids is 1. The van der Waals surface area contributed by atoms with Crippen molar-refractivity contribution in [1.82, 2.24) is 9.80 Å². The highest BCUT2D eigenvalue weighted by Gasteiger charge is 2.40. The van der Waals surface area contributed by atoms with Crippen LogP contribution in [0.5, 0.6) is 0 Å². The van der Waals surface area contributed by atoms with Gasteiger partial charge in [-0.1, -0.05) is 0 Å². The van der Waals surface area contributed by atoms with Crippen LogP contribution < -0.4 is 5.32 Å². The van der Waals surface area contributed by atoms with Crippen LogP contribution in [0.2, 0.25) is 0 Å². The Kier molecular flexibility index (Phi) is 4.10. The molecule has 0 aliphatic carbocycles. The van der Waals surface area contributed by atoms with Gasteiger partial charge in [0.15, 0.2) is 9.84 Å². The average Bonchev–Trinajstić information content (AvgIpc) is 2.94. The van der Waals surface area contributed by atoms with Crippen LogP contribution in [0.25, 0.3) is 0 Å². The number of urea groups is 1. The van der Waals surface area contributed by atoms with Crippen LogP contribution >= 0.6 is 0 Å². The first-order chi connectivity index (χ1) is 10.7. The summed E-state index contributed by atoms with van der Waals surface area (Å²) in [5.41, 5.74) is 1.34. The van der Waals surface area contributed by atoms with Crippen molar-refractivity contribution < 1.29 is 13.2 Å². The summed E-state index contributed by atoms with van der Waals surface area (Å²) in [5, 5.41) is 2.85. The molecule has 2 atom stereocenters. The first-order valence-corrected chi connectivity index (χ1v) is 9.68. The Morgan fingerprint density at radius 3 is 2.30 bits per heavy atom. The van der Waals surface area contributed by atoms with E-state index in [1.165, 1.54) is 12.3 Å². The van der Waals surface area contributed by atoms with Gasteiger partial charge in [-0.3, -0.25) is 0 Å². The number of likely N-dealkylation sites (tertiary alicyclic amines) is 2. The highest BCUT2D eigenvalue weighted by Crippen LogP contribution is 2.30. The predicted octanol–water partition coefficient (Wildman–Crippen LogP) is 1.42. The monoisotopic (exact) mass is 337 g/mol. The number of sulfone groups is 1. The van der Waals surface area contributed by atoms with Crippen LogP contribution in [0.15, 0.2) is 23.1 Å². The van der Waals surface area contributed by atoms with Gasteiger partial charge in [-0.15, -0.1) is 0 Å². The zero-order valence-corrected chi connectivity index (χ0v) is 14.6. The summed E-state index contributed by atoms with van der Waals surface area (Å²) in [4.78, 5) is 16.8. The Labute approximate surface area is 137 Å². The van der Waals surface area contributed by atoms with E-state index in [1.54, 1.807) is 12.1 Å². The van der Waals surface area contributed by atoms with Crippen molar-refractivity contribution in [2.24, 2.45) is 11.8 Å².